The second-order valence-corrected chi connectivity index (χ2v) is 3.72. The molecule has 110 valence electrons. The van der Waals surface area contributed by atoms with Gasteiger partial charge in [0.15, 0.2) is 0 Å². The van der Waals surface area contributed by atoms with Crippen molar-refractivity contribution in [2.24, 2.45) is 0 Å². The highest BCUT2D eigenvalue weighted by Crippen LogP contribution is 2.34. The predicted molar refractivity (Wildman–Crippen MR) is 70.9 cm³/mol. The van der Waals surface area contributed by atoms with Gasteiger partial charge < -0.3 is 18.9 Å². The quantitative estimate of drug-likeness (QED) is 0.756. The minimum atomic E-state index is -0.711. The number of nitrogens with zero attached hydrogens (tertiary/aromatic N) is 3. The number of hydrogen-bond acceptors (Lipinski definition) is 8. The van der Waals surface area contributed by atoms with Gasteiger partial charge in [-0.15, -0.1) is 0 Å². The SMILES string of the molecule is COc1cc(OC)c(C(=O)Oc2ncncn2)c(OC)c1. The molecule has 1 aromatic heterocycles. The highest BCUT2D eigenvalue weighted by Gasteiger charge is 2.23. The van der Waals surface area contributed by atoms with Crippen molar-refractivity contribution in [3.05, 3.63) is 30.4 Å². The number of hydrogen-bond donors (Lipinski definition) is 0. The van der Waals surface area contributed by atoms with Gasteiger partial charge in [0.05, 0.1) is 21.3 Å². The molecule has 0 aliphatic carbocycles. The van der Waals surface area contributed by atoms with Gasteiger partial charge in [0, 0.05) is 12.1 Å². The molecule has 8 heteroatoms. The molecule has 0 N–H and O–H groups in total. The van der Waals surface area contributed by atoms with Crippen molar-refractivity contribution in [1.82, 2.24) is 15.0 Å². The number of esters is 1. The van der Waals surface area contributed by atoms with E-state index in [4.69, 9.17) is 18.9 Å². The Kier molecular flexibility index (Phi) is 4.50. The zero-order chi connectivity index (χ0) is 15.2. The molecular formula is C13H13N3O5. The lowest BCUT2D eigenvalue weighted by Crippen LogP contribution is -2.13. The number of carbonyl (C=O) groups excluding carboxylic acids is 1. The molecule has 0 amide bonds. The lowest BCUT2D eigenvalue weighted by molar-refractivity contribution is 0.0711. The first-order valence-electron chi connectivity index (χ1n) is 5.83. The molecule has 21 heavy (non-hydrogen) atoms. The molecular weight excluding hydrogens is 278 g/mol. The maximum atomic E-state index is 12.2. The van der Waals surface area contributed by atoms with Crippen molar-refractivity contribution < 1.29 is 23.7 Å². The molecule has 0 aliphatic rings. The normalized spacial score (nSPS) is 9.86. The Balaban J connectivity index is 2.39. The van der Waals surface area contributed by atoms with Crippen molar-refractivity contribution in [2.45, 2.75) is 0 Å². The zero-order valence-corrected chi connectivity index (χ0v) is 11.7. The van der Waals surface area contributed by atoms with Gasteiger partial charge in [0.2, 0.25) is 0 Å². The molecule has 0 unspecified atom stereocenters. The van der Waals surface area contributed by atoms with E-state index in [2.05, 4.69) is 15.0 Å². The van der Waals surface area contributed by atoms with Gasteiger partial charge in [-0.3, -0.25) is 0 Å². The standard InChI is InChI=1S/C13H13N3O5/c1-18-8-4-9(19-2)11(10(5-8)20-3)12(17)21-13-15-6-14-7-16-13/h4-7H,1-3H3. The summed E-state index contributed by atoms with van der Waals surface area (Å²) in [7, 11) is 4.35. The van der Waals surface area contributed by atoms with Crippen LogP contribution in [-0.4, -0.2) is 42.3 Å². The number of methoxy groups -OCH3 is 3. The zero-order valence-electron chi connectivity index (χ0n) is 11.7. The van der Waals surface area contributed by atoms with Crippen LogP contribution in [0.25, 0.3) is 0 Å². The van der Waals surface area contributed by atoms with Gasteiger partial charge in [-0.2, -0.15) is 9.97 Å². The lowest BCUT2D eigenvalue weighted by atomic mass is 10.1. The van der Waals surface area contributed by atoms with E-state index in [0.29, 0.717) is 5.75 Å². The third kappa shape index (κ3) is 3.16. The second kappa shape index (κ2) is 6.51. The molecule has 0 saturated carbocycles. The molecule has 0 radical (unpaired) electrons. The third-order valence-corrected chi connectivity index (χ3v) is 2.57. The summed E-state index contributed by atoms with van der Waals surface area (Å²) in [6.45, 7) is 0. The Morgan fingerprint density at radius 1 is 0.952 bits per heavy atom. The Labute approximate surface area is 120 Å². The van der Waals surface area contributed by atoms with Crippen molar-refractivity contribution in [3.8, 4) is 23.3 Å². The van der Waals surface area contributed by atoms with E-state index in [1.165, 1.54) is 34.0 Å². The van der Waals surface area contributed by atoms with Crippen LogP contribution >= 0.6 is 0 Å². The van der Waals surface area contributed by atoms with E-state index in [-0.39, 0.29) is 23.1 Å². The first-order chi connectivity index (χ1) is 10.2. The minimum Gasteiger partial charge on any atom is -0.496 e. The van der Waals surface area contributed by atoms with Gasteiger partial charge in [-0.25, -0.2) is 9.78 Å². The van der Waals surface area contributed by atoms with Crippen LogP contribution in [0.15, 0.2) is 24.8 Å². The Bertz CT molecular complexity index is 608. The Morgan fingerprint density at radius 2 is 1.52 bits per heavy atom. The summed E-state index contributed by atoms with van der Waals surface area (Å²) in [5, 5.41) is 0. The molecule has 2 aromatic rings. The van der Waals surface area contributed by atoms with Crippen LogP contribution in [0.5, 0.6) is 23.3 Å². The molecule has 8 nitrogen and oxygen atoms in total. The summed E-state index contributed by atoms with van der Waals surface area (Å²) < 4.78 is 20.5. The summed E-state index contributed by atoms with van der Waals surface area (Å²) in [5.74, 6) is 0.286. The third-order valence-electron chi connectivity index (χ3n) is 2.57. The van der Waals surface area contributed by atoms with Crippen molar-refractivity contribution in [3.63, 3.8) is 0 Å². The fourth-order valence-electron chi connectivity index (χ4n) is 1.62. The van der Waals surface area contributed by atoms with Gasteiger partial charge in [-0.05, 0) is 0 Å². The monoisotopic (exact) mass is 291 g/mol. The Morgan fingerprint density at radius 3 is 2.00 bits per heavy atom. The van der Waals surface area contributed by atoms with Crippen LogP contribution in [0.1, 0.15) is 10.4 Å². The van der Waals surface area contributed by atoms with Gasteiger partial charge in [-0.1, -0.05) is 0 Å². The molecule has 0 atom stereocenters. The molecule has 0 fully saturated rings. The second-order valence-electron chi connectivity index (χ2n) is 3.72. The highest BCUT2D eigenvalue weighted by molar-refractivity contribution is 5.97. The topological polar surface area (TPSA) is 92.7 Å². The summed E-state index contributed by atoms with van der Waals surface area (Å²) in [5.41, 5.74) is 0.112. The van der Waals surface area contributed by atoms with Crippen LogP contribution in [0.4, 0.5) is 0 Å². The maximum absolute atomic E-state index is 12.2. The van der Waals surface area contributed by atoms with E-state index in [9.17, 15) is 4.79 Å². The molecule has 0 saturated heterocycles. The highest BCUT2D eigenvalue weighted by atomic mass is 16.6. The number of aromatic nitrogens is 3. The van der Waals surface area contributed by atoms with Crippen LogP contribution in [0.3, 0.4) is 0 Å². The molecule has 0 bridgehead atoms. The Hall–Kier alpha value is -2.90. The van der Waals surface area contributed by atoms with E-state index in [0.717, 1.165) is 0 Å². The molecule has 0 aliphatic heterocycles. The summed E-state index contributed by atoms with van der Waals surface area (Å²) >= 11 is 0. The minimum absolute atomic E-state index is 0.112. The maximum Gasteiger partial charge on any atom is 0.353 e. The smallest absolute Gasteiger partial charge is 0.353 e. The van der Waals surface area contributed by atoms with Crippen LogP contribution in [0.2, 0.25) is 0 Å². The summed E-state index contributed by atoms with van der Waals surface area (Å²) in [4.78, 5) is 23.3. The number of benzene rings is 1. The van der Waals surface area contributed by atoms with E-state index in [1.54, 1.807) is 12.1 Å². The van der Waals surface area contributed by atoms with E-state index in [1.807, 2.05) is 0 Å². The van der Waals surface area contributed by atoms with Crippen molar-refractivity contribution in [1.29, 1.82) is 0 Å². The van der Waals surface area contributed by atoms with Crippen LogP contribution in [-0.2, 0) is 0 Å². The fourth-order valence-corrected chi connectivity index (χ4v) is 1.62. The summed E-state index contributed by atoms with van der Waals surface area (Å²) in [6.07, 6.45) is 2.44. The van der Waals surface area contributed by atoms with Gasteiger partial charge in [0.25, 0.3) is 0 Å². The first kappa shape index (κ1) is 14.5. The predicted octanol–water partition coefficient (Wildman–Crippen LogP) is 1.12. The fraction of sp³-hybridized carbons (Fsp3) is 0.231. The van der Waals surface area contributed by atoms with Gasteiger partial charge in [0.1, 0.15) is 35.5 Å². The first-order valence-corrected chi connectivity index (χ1v) is 5.83. The lowest BCUT2D eigenvalue weighted by Gasteiger charge is -2.13. The molecule has 1 aromatic carbocycles. The molecule has 1 heterocycles. The number of carbonyl (C=O) groups is 1. The molecule has 0 spiro atoms. The van der Waals surface area contributed by atoms with Gasteiger partial charge >= 0.3 is 12.0 Å². The molecule has 2 rings (SSSR count). The van der Waals surface area contributed by atoms with Crippen LogP contribution in [0, 0.1) is 0 Å². The largest absolute Gasteiger partial charge is 0.496 e. The summed E-state index contributed by atoms with van der Waals surface area (Å²) in [6, 6.07) is 2.98. The number of rotatable bonds is 5. The van der Waals surface area contributed by atoms with Crippen molar-refractivity contribution >= 4 is 5.97 Å². The van der Waals surface area contributed by atoms with E-state index < -0.39 is 5.97 Å². The average molecular weight is 291 g/mol. The average Bonchev–Trinajstić information content (AvgIpc) is 2.54. The van der Waals surface area contributed by atoms with E-state index >= 15 is 0 Å². The van der Waals surface area contributed by atoms with Crippen molar-refractivity contribution in [2.75, 3.05) is 21.3 Å². The number of ether oxygens (including phenoxy) is 4. The van der Waals surface area contributed by atoms with Crippen LogP contribution < -0.4 is 18.9 Å².